The van der Waals surface area contributed by atoms with Gasteiger partial charge in [-0.3, -0.25) is 14.3 Å². The first-order valence-electron chi connectivity index (χ1n) is 7.97. The molecule has 2 aliphatic rings. The molecule has 0 aromatic carbocycles. The lowest BCUT2D eigenvalue weighted by Gasteiger charge is -2.29. The van der Waals surface area contributed by atoms with E-state index in [4.69, 9.17) is 4.74 Å². The van der Waals surface area contributed by atoms with E-state index in [1.165, 1.54) is 7.11 Å². The summed E-state index contributed by atoms with van der Waals surface area (Å²) in [6.07, 6.45) is 5.22. The Hall–Kier alpha value is -0.460. The number of methoxy groups -OCH3 is 1. The zero-order valence-corrected chi connectivity index (χ0v) is 14.0. The minimum Gasteiger partial charge on any atom is -0.468 e. The van der Waals surface area contributed by atoms with Crippen molar-refractivity contribution in [2.45, 2.75) is 50.6 Å². The highest BCUT2D eigenvalue weighted by Crippen LogP contribution is 2.26. The van der Waals surface area contributed by atoms with Crippen LogP contribution in [0, 0.1) is 0 Å². The first kappa shape index (κ1) is 16.9. The fourth-order valence-corrected chi connectivity index (χ4v) is 3.98. The predicted molar refractivity (Wildman–Crippen MR) is 84.7 cm³/mol. The Morgan fingerprint density at radius 3 is 2.57 bits per heavy atom. The zero-order chi connectivity index (χ0) is 15.3. The van der Waals surface area contributed by atoms with Gasteiger partial charge in [0.1, 0.15) is 5.54 Å². The van der Waals surface area contributed by atoms with Gasteiger partial charge in [-0.05, 0) is 45.6 Å². The highest BCUT2D eigenvalue weighted by Gasteiger charge is 2.38. The largest absolute Gasteiger partial charge is 0.468 e. The van der Waals surface area contributed by atoms with E-state index in [1.54, 1.807) is 0 Å². The number of nitrogens with zero attached hydrogens (tertiary/aromatic N) is 1. The standard InChI is InChI=1S/C15H28N2O3S/c1-15(14(18)20-2,16-13-5-6-13)7-3-4-8-17-9-11-21(19)12-10-17/h13,16H,3-12H2,1-2H3. The van der Waals surface area contributed by atoms with Gasteiger partial charge in [-0.15, -0.1) is 0 Å². The molecule has 21 heavy (non-hydrogen) atoms. The molecule has 6 heteroatoms. The maximum absolute atomic E-state index is 12.0. The van der Waals surface area contributed by atoms with E-state index in [2.05, 4.69) is 10.2 Å². The molecule has 0 aromatic rings. The minimum absolute atomic E-state index is 0.150. The van der Waals surface area contributed by atoms with Crippen LogP contribution in [0.1, 0.15) is 39.0 Å². The third-order valence-electron chi connectivity index (χ3n) is 4.41. The lowest BCUT2D eigenvalue weighted by molar-refractivity contribution is -0.148. The number of esters is 1. The van der Waals surface area contributed by atoms with Crippen molar-refractivity contribution in [1.82, 2.24) is 10.2 Å². The molecule has 1 N–H and O–H groups in total. The Kier molecular flexibility index (Phi) is 6.20. The van der Waals surface area contributed by atoms with Crippen molar-refractivity contribution in [1.29, 1.82) is 0 Å². The van der Waals surface area contributed by atoms with Crippen molar-refractivity contribution in [2.75, 3.05) is 38.2 Å². The lowest BCUT2D eigenvalue weighted by atomic mass is 9.94. The van der Waals surface area contributed by atoms with Crippen LogP contribution in [0.3, 0.4) is 0 Å². The summed E-state index contributed by atoms with van der Waals surface area (Å²) >= 11 is 0. The van der Waals surface area contributed by atoms with Gasteiger partial charge in [0.05, 0.1) is 7.11 Å². The van der Waals surface area contributed by atoms with Gasteiger partial charge in [-0.1, -0.05) is 0 Å². The van der Waals surface area contributed by atoms with E-state index in [-0.39, 0.29) is 5.97 Å². The molecular weight excluding hydrogens is 288 g/mol. The molecule has 122 valence electrons. The number of hydrogen-bond acceptors (Lipinski definition) is 5. The third kappa shape index (κ3) is 5.34. The Labute approximate surface area is 130 Å². The van der Waals surface area contributed by atoms with Crippen LogP contribution in [-0.2, 0) is 20.3 Å². The monoisotopic (exact) mass is 316 g/mol. The summed E-state index contributed by atoms with van der Waals surface area (Å²) in [5.41, 5.74) is -0.542. The Morgan fingerprint density at radius 1 is 1.33 bits per heavy atom. The second-order valence-electron chi connectivity index (χ2n) is 6.39. The summed E-state index contributed by atoms with van der Waals surface area (Å²) < 4.78 is 16.3. The van der Waals surface area contributed by atoms with Crippen molar-refractivity contribution in [3.8, 4) is 0 Å². The van der Waals surface area contributed by atoms with Gasteiger partial charge in [0.2, 0.25) is 0 Å². The maximum atomic E-state index is 12.0. The highest BCUT2D eigenvalue weighted by atomic mass is 32.2. The highest BCUT2D eigenvalue weighted by molar-refractivity contribution is 7.85. The molecular formula is C15H28N2O3S. The number of carbonyl (C=O) groups excluding carboxylic acids is 1. The molecule has 0 spiro atoms. The van der Waals surface area contributed by atoms with Gasteiger partial charge < -0.3 is 9.64 Å². The SMILES string of the molecule is COC(=O)C(C)(CCCCN1CCS(=O)CC1)NC1CC1. The van der Waals surface area contributed by atoms with Crippen LogP contribution < -0.4 is 5.32 Å². The zero-order valence-electron chi connectivity index (χ0n) is 13.2. The first-order chi connectivity index (χ1) is 10.0. The molecule has 0 bridgehead atoms. The lowest BCUT2D eigenvalue weighted by Crippen LogP contribution is -2.51. The Morgan fingerprint density at radius 2 is 2.00 bits per heavy atom. The second-order valence-corrected chi connectivity index (χ2v) is 8.09. The molecule has 1 unspecified atom stereocenters. The molecule has 1 aliphatic heterocycles. The fraction of sp³-hybridized carbons (Fsp3) is 0.933. The van der Waals surface area contributed by atoms with E-state index in [1.807, 2.05) is 6.92 Å². The van der Waals surface area contributed by atoms with E-state index < -0.39 is 16.3 Å². The van der Waals surface area contributed by atoms with Crippen LogP contribution in [0.5, 0.6) is 0 Å². The molecule has 1 saturated heterocycles. The van der Waals surface area contributed by atoms with E-state index in [0.717, 1.165) is 63.2 Å². The Bertz CT molecular complexity index is 377. The van der Waals surface area contributed by atoms with Crippen LogP contribution in [-0.4, -0.2) is 64.9 Å². The van der Waals surface area contributed by atoms with E-state index >= 15 is 0 Å². The average molecular weight is 316 g/mol. The molecule has 1 atom stereocenters. The third-order valence-corrected chi connectivity index (χ3v) is 5.68. The summed E-state index contributed by atoms with van der Waals surface area (Å²) in [5, 5.41) is 3.43. The maximum Gasteiger partial charge on any atom is 0.325 e. The summed E-state index contributed by atoms with van der Waals surface area (Å²) in [7, 11) is 0.859. The molecule has 0 radical (unpaired) electrons. The van der Waals surface area contributed by atoms with Crippen LogP contribution >= 0.6 is 0 Å². The number of unbranched alkanes of at least 4 members (excludes halogenated alkanes) is 1. The van der Waals surface area contributed by atoms with Gasteiger partial charge in [0, 0.05) is 41.4 Å². The Balaban J connectivity index is 1.69. The first-order valence-corrected chi connectivity index (χ1v) is 9.46. The minimum atomic E-state index is -0.602. The number of rotatable bonds is 8. The molecule has 1 saturated carbocycles. The normalized spacial score (nSPS) is 23.7. The van der Waals surface area contributed by atoms with Gasteiger partial charge in [0.25, 0.3) is 0 Å². The fourth-order valence-electron chi connectivity index (χ4n) is 2.85. The van der Waals surface area contributed by atoms with Crippen molar-refractivity contribution < 1.29 is 13.7 Å². The van der Waals surface area contributed by atoms with Gasteiger partial charge in [-0.25, -0.2) is 0 Å². The van der Waals surface area contributed by atoms with E-state index in [0.29, 0.717) is 6.04 Å². The van der Waals surface area contributed by atoms with E-state index in [9.17, 15) is 9.00 Å². The van der Waals surface area contributed by atoms with Crippen molar-refractivity contribution in [3.63, 3.8) is 0 Å². The molecule has 2 rings (SSSR count). The van der Waals surface area contributed by atoms with Crippen LogP contribution in [0.15, 0.2) is 0 Å². The molecule has 5 nitrogen and oxygen atoms in total. The predicted octanol–water partition coefficient (Wildman–Crippen LogP) is 0.905. The van der Waals surface area contributed by atoms with Crippen molar-refractivity contribution in [3.05, 3.63) is 0 Å². The molecule has 1 aliphatic carbocycles. The van der Waals surface area contributed by atoms with Gasteiger partial charge in [0.15, 0.2) is 0 Å². The van der Waals surface area contributed by atoms with Gasteiger partial charge in [-0.2, -0.15) is 0 Å². The number of hydrogen-bond donors (Lipinski definition) is 1. The summed E-state index contributed by atoms with van der Waals surface area (Å²) in [6.45, 7) is 4.89. The molecule has 1 heterocycles. The van der Waals surface area contributed by atoms with Crippen molar-refractivity contribution >= 4 is 16.8 Å². The topological polar surface area (TPSA) is 58.6 Å². The number of ether oxygens (including phenoxy) is 1. The van der Waals surface area contributed by atoms with Crippen LogP contribution in [0.25, 0.3) is 0 Å². The summed E-state index contributed by atoms with van der Waals surface area (Å²) in [5.74, 6) is 1.47. The number of nitrogens with one attached hydrogen (secondary N) is 1. The van der Waals surface area contributed by atoms with Crippen molar-refractivity contribution in [2.24, 2.45) is 0 Å². The molecule has 0 aromatic heterocycles. The molecule has 0 amide bonds. The van der Waals surface area contributed by atoms with Crippen LogP contribution in [0.4, 0.5) is 0 Å². The second kappa shape index (κ2) is 7.70. The quantitative estimate of drug-likeness (QED) is 0.533. The summed E-state index contributed by atoms with van der Waals surface area (Å²) in [4.78, 5) is 14.4. The van der Waals surface area contributed by atoms with Gasteiger partial charge >= 0.3 is 5.97 Å². The smallest absolute Gasteiger partial charge is 0.325 e. The molecule has 2 fully saturated rings. The average Bonchev–Trinajstić information content (AvgIpc) is 3.28. The number of carbonyl (C=O) groups is 1. The summed E-state index contributed by atoms with van der Waals surface area (Å²) in [6, 6.07) is 0.492. The van der Waals surface area contributed by atoms with Crippen LogP contribution in [0.2, 0.25) is 0 Å².